The van der Waals surface area contributed by atoms with Gasteiger partial charge in [-0.05, 0) is 64.2 Å². The molecule has 0 aliphatic heterocycles. The lowest BCUT2D eigenvalue weighted by Gasteiger charge is -2.25. The first-order chi connectivity index (χ1) is 22.5. The number of hydrogen-bond donors (Lipinski definition) is 3. The summed E-state index contributed by atoms with van der Waals surface area (Å²) in [6.07, 6.45) is 36.1. The van der Waals surface area contributed by atoms with Crippen molar-refractivity contribution in [3.63, 3.8) is 0 Å². The normalized spacial score (nSPS) is 15.3. The Morgan fingerprint density at radius 1 is 0.702 bits per heavy atom. The van der Waals surface area contributed by atoms with Gasteiger partial charge in [0.1, 0.15) is 13.2 Å². The lowest BCUT2D eigenvalue weighted by atomic mass is 10.1. The highest BCUT2D eigenvalue weighted by Gasteiger charge is 2.27. The van der Waals surface area contributed by atoms with Gasteiger partial charge >= 0.3 is 7.82 Å². The molecule has 8 nitrogen and oxygen atoms in total. The van der Waals surface area contributed by atoms with Gasteiger partial charge in [0.25, 0.3) is 0 Å². The van der Waals surface area contributed by atoms with Crippen LogP contribution in [0.3, 0.4) is 0 Å². The number of unbranched alkanes of at least 4 members (excludes halogenated alkanes) is 13. The minimum atomic E-state index is -4.34. The van der Waals surface area contributed by atoms with E-state index in [1.165, 1.54) is 51.4 Å². The molecule has 47 heavy (non-hydrogen) atoms. The van der Waals surface area contributed by atoms with Crippen LogP contribution in [0.2, 0.25) is 0 Å². The standard InChI is InChI=1S/C38H71N2O6P/c1-6-8-10-12-14-16-18-19-20-22-24-26-28-30-32-38(42)39-36(35-46-47(43,44)45-34-33-40(3,4)5)37(41)31-29-27-25-23-21-17-15-13-11-9-7-2/h11,13,18-19,21,23,29,31,36-37,41H,6-10,12,14-17,20,22,24-28,30,32-35H2,1-5H3,(H-,39,42,43,44)/p+1/b13-11+,19-18-,23-21+,31-29+. The number of nitrogens with one attached hydrogen (secondary N) is 1. The Kier molecular flexibility index (Phi) is 29.5. The molecular formula is C38H72N2O6P+. The number of hydrogen-bond acceptors (Lipinski definition) is 5. The van der Waals surface area contributed by atoms with E-state index in [9.17, 15) is 19.4 Å². The van der Waals surface area contributed by atoms with Crippen LogP contribution in [0.4, 0.5) is 0 Å². The molecule has 0 aliphatic rings. The third kappa shape index (κ3) is 32.8. The van der Waals surface area contributed by atoms with Gasteiger partial charge in [-0.3, -0.25) is 13.8 Å². The number of phosphoric ester groups is 1. The van der Waals surface area contributed by atoms with Crippen LogP contribution in [0.25, 0.3) is 0 Å². The van der Waals surface area contributed by atoms with Crippen LogP contribution in [0.1, 0.15) is 136 Å². The van der Waals surface area contributed by atoms with E-state index in [4.69, 9.17) is 9.05 Å². The maximum Gasteiger partial charge on any atom is 0.472 e. The molecule has 0 radical (unpaired) electrons. The first-order valence-corrected chi connectivity index (χ1v) is 20.0. The van der Waals surface area contributed by atoms with E-state index in [1.807, 2.05) is 27.2 Å². The van der Waals surface area contributed by atoms with Crippen molar-refractivity contribution in [1.82, 2.24) is 5.32 Å². The fraction of sp³-hybridized carbons (Fsp3) is 0.763. The molecule has 0 aromatic carbocycles. The second-order valence-electron chi connectivity index (χ2n) is 13.6. The van der Waals surface area contributed by atoms with Gasteiger partial charge in [0.2, 0.25) is 5.91 Å². The van der Waals surface area contributed by atoms with Crippen LogP contribution in [0.15, 0.2) is 48.6 Å². The summed E-state index contributed by atoms with van der Waals surface area (Å²) in [6.45, 7) is 4.65. The predicted octanol–water partition coefficient (Wildman–Crippen LogP) is 9.35. The molecule has 0 rings (SSSR count). The van der Waals surface area contributed by atoms with E-state index in [2.05, 4.69) is 55.6 Å². The van der Waals surface area contributed by atoms with Crippen molar-refractivity contribution in [2.45, 2.75) is 148 Å². The number of rotatable bonds is 32. The van der Waals surface area contributed by atoms with Gasteiger partial charge in [-0.15, -0.1) is 0 Å². The molecule has 9 heteroatoms. The Bertz CT molecular complexity index is 912. The summed E-state index contributed by atoms with van der Waals surface area (Å²) < 4.78 is 23.4. The van der Waals surface area contributed by atoms with Gasteiger partial charge in [-0.2, -0.15) is 0 Å². The number of aliphatic hydroxyl groups is 1. The Morgan fingerprint density at radius 3 is 1.79 bits per heavy atom. The number of allylic oxidation sites excluding steroid dienone is 7. The zero-order chi connectivity index (χ0) is 35.1. The smallest absolute Gasteiger partial charge is 0.387 e. The fourth-order valence-electron chi connectivity index (χ4n) is 4.72. The highest BCUT2D eigenvalue weighted by Crippen LogP contribution is 2.43. The fourth-order valence-corrected chi connectivity index (χ4v) is 5.45. The van der Waals surface area contributed by atoms with Gasteiger partial charge in [0.15, 0.2) is 0 Å². The van der Waals surface area contributed by atoms with Crippen molar-refractivity contribution >= 4 is 13.7 Å². The molecule has 1 amide bonds. The number of likely N-dealkylation sites (N-methyl/N-ethyl adjacent to an activating group) is 1. The van der Waals surface area contributed by atoms with Gasteiger partial charge < -0.3 is 19.8 Å². The Morgan fingerprint density at radius 2 is 1.21 bits per heavy atom. The molecule has 0 aliphatic carbocycles. The highest BCUT2D eigenvalue weighted by atomic mass is 31.2. The molecule has 0 spiro atoms. The third-order valence-electron chi connectivity index (χ3n) is 7.73. The SMILES string of the molecule is CCC/C=C/CC/C=C/CC/C=C/C(O)C(COP(=O)(O)OCC[N+](C)(C)C)NC(=O)CCCCCCC/C=C\CCCCCCC. The second-order valence-corrected chi connectivity index (χ2v) is 15.0. The second kappa shape index (κ2) is 30.5. The Hall–Kier alpha value is -1.54. The molecule has 0 aromatic heterocycles. The van der Waals surface area contributed by atoms with Gasteiger partial charge in [-0.25, -0.2) is 4.57 Å². The first-order valence-electron chi connectivity index (χ1n) is 18.5. The summed E-state index contributed by atoms with van der Waals surface area (Å²) in [7, 11) is 1.53. The van der Waals surface area contributed by atoms with Crippen LogP contribution >= 0.6 is 7.82 Å². The van der Waals surface area contributed by atoms with Crippen LogP contribution in [-0.4, -0.2) is 73.4 Å². The zero-order valence-corrected chi connectivity index (χ0v) is 31.6. The number of carbonyl (C=O) groups excluding carboxylic acids is 1. The quantitative estimate of drug-likeness (QED) is 0.0283. The Balaban J connectivity index is 4.63. The van der Waals surface area contributed by atoms with Crippen molar-refractivity contribution in [2.24, 2.45) is 0 Å². The molecule has 0 fully saturated rings. The molecule has 3 N–H and O–H groups in total. The minimum Gasteiger partial charge on any atom is -0.387 e. The molecule has 0 saturated heterocycles. The van der Waals surface area contributed by atoms with Crippen molar-refractivity contribution in [3.8, 4) is 0 Å². The van der Waals surface area contributed by atoms with Crippen molar-refractivity contribution in [3.05, 3.63) is 48.6 Å². The number of phosphoric acid groups is 1. The molecule has 274 valence electrons. The topological polar surface area (TPSA) is 105 Å². The summed E-state index contributed by atoms with van der Waals surface area (Å²) in [6, 6.07) is -0.870. The summed E-state index contributed by atoms with van der Waals surface area (Å²) in [5.41, 5.74) is 0. The predicted molar refractivity (Wildman–Crippen MR) is 198 cm³/mol. The van der Waals surface area contributed by atoms with E-state index >= 15 is 0 Å². The van der Waals surface area contributed by atoms with Crippen LogP contribution < -0.4 is 5.32 Å². The van der Waals surface area contributed by atoms with Crippen LogP contribution in [0, 0.1) is 0 Å². The molecule has 0 aromatic rings. The molecule has 0 heterocycles. The number of carbonyl (C=O) groups is 1. The van der Waals surface area contributed by atoms with Crippen LogP contribution in [0.5, 0.6) is 0 Å². The van der Waals surface area contributed by atoms with Gasteiger partial charge in [0.05, 0.1) is 39.9 Å². The van der Waals surface area contributed by atoms with E-state index in [0.29, 0.717) is 17.4 Å². The monoisotopic (exact) mass is 684 g/mol. The average molecular weight is 684 g/mol. The van der Waals surface area contributed by atoms with Crippen molar-refractivity contribution in [1.29, 1.82) is 0 Å². The largest absolute Gasteiger partial charge is 0.472 e. The summed E-state index contributed by atoms with van der Waals surface area (Å²) in [5, 5.41) is 13.7. The Labute approximate surface area is 289 Å². The first kappa shape index (κ1) is 45.5. The van der Waals surface area contributed by atoms with Gasteiger partial charge in [0, 0.05) is 6.42 Å². The van der Waals surface area contributed by atoms with Gasteiger partial charge in [-0.1, -0.05) is 114 Å². The number of amides is 1. The zero-order valence-electron chi connectivity index (χ0n) is 30.8. The number of aliphatic hydroxyl groups excluding tert-OH is 1. The lowest BCUT2D eigenvalue weighted by Crippen LogP contribution is -2.45. The van der Waals surface area contributed by atoms with E-state index in [0.717, 1.165) is 64.2 Å². The summed E-state index contributed by atoms with van der Waals surface area (Å²) >= 11 is 0. The maximum absolute atomic E-state index is 12.8. The number of quaternary nitrogens is 1. The average Bonchev–Trinajstić information content (AvgIpc) is 3.01. The minimum absolute atomic E-state index is 0.0503. The molecule has 0 bridgehead atoms. The van der Waals surface area contributed by atoms with E-state index in [1.54, 1.807) is 6.08 Å². The molecule has 3 atom stereocenters. The van der Waals surface area contributed by atoms with Crippen molar-refractivity contribution < 1.29 is 32.9 Å². The molecule has 3 unspecified atom stereocenters. The summed E-state index contributed by atoms with van der Waals surface area (Å²) in [5.74, 6) is -0.206. The van der Waals surface area contributed by atoms with E-state index < -0.39 is 20.0 Å². The van der Waals surface area contributed by atoms with Crippen molar-refractivity contribution in [2.75, 3.05) is 40.9 Å². The highest BCUT2D eigenvalue weighted by molar-refractivity contribution is 7.47. The van der Waals surface area contributed by atoms with E-state index in [-0.39, 0.29) is 19.1 Å². The van der Waals surface area contributed by atoms with Crippen LogP contribution in [-0.2, 0) is 18.4 Å². The molecular weight excluding hydrogens is 611 g/mol. The molecule has 0 saturated carbocycles. The number of nitrogens with zero attached hydrogens (tertiary/aromatic N) is 1. The maximum atomic E-state index is 12.8. The summed E-state index contributed by atoms with van der Waals surface area (Å²) in [4.78, 5) is 22.9. The third-order valence-corrected chi connectivity index (χ3v) is 8.71. The lowest BCUT2D eigenvalue weighted by molar-refractivity contribution is -0.870.